The standard InChI is InChI=1S/C26H26N2O3S/c1-3-18-8-10-19(11-9-18)25(30)27-21-7-5-6-20(16-21)26-28(24(29)17-32-26)22-12-14-23(15-13-22)31-4-2/h5-16,26H,3-4,17H2,1-2H3,(H,27,30)/t26-/m0/s1. The molecule has 164 valence electrons. The molecule has 0 aromatic heterocycles. The number of aryl methyl sites for hydroxylation is 1. The molecule has 1 heterocycles. The minimum Gasteiger partial charge on any atom is -0.494 e. The third-order valence-corrected chi connectivity index (χ3v) is 6.56. The van der Waals surface area contributed by atoms with Crippen molar-refractivity contribution >= 4 is 35.0 Å². The topological polar surface area (TPSA) is 58.6 Å². The summed E-state index contributed by atoms with van der Waals surface area (Å²) >= 11 is 1.58. The lowest BCUT2D eigenvalue weighted by molar-refractivity contribution is -0.115. The zero-order valence-electron chi connectivity index (χ0n) is 18.2. The van der Waals surface area contributed by atoms with Crippen molar-refractivity contribution in [3.63, 3.8) is 0 Å². The van der Waals surface area contributed by atoms with E-state index in [4.69, 9.17) is 4.74 Å². The summed E-state index contributed by atoms with van der Waals surface area (Å²) in [5.41, 5.74) is 4.32. The Morgan fingerprint density at radius 3 is 2.50 bits per heavy atom. The first-order valence-electron chi connectivity index (χ1n) is 10.8. The van der Waals surface area contributed by atoms with Gasteiger partial charge in [-0.25, -0.2) is 0 Å². The summed E-state index contributed by atoms with van der Waals surface area (Å²) in [7, 11) is 0. The van der Waals surface area contributed by atoms with Crippen molar-refractivity contribution < 1.29 is 14.3 Å². The van der Waals surface area contributed by atoms with Crippen LogP contribution < -0.4 is 15.0 Å². The van der Waals surface area contributed by atoms with Gasteiger partial charge in [0.15, 0.2) is 0 Å². The molecule has 32 heavy (non-hydrogen) atoms. The molecule has 1 saturated heterocycles. The minimum absolute atomic E-state index is 0.0645. The Morgan fingerprint density at radius 1 is 1.06 bits per heavy atom. The van der Waals surface area contributed by atoms with Gasteiger partial charge in [0, 0.05) is 16.9 Å². The number of carbonyl (C=O) groups is 2. The van der Waals surface area contributed by atoms with Crippen LogP contribution >= 0.6 is 11.8 Å². The minimum atomic E-state index is -0.152. The highest BCUT2D eigenvalue weighted by atomic mass is 32.2. The van der Waals surface area contributed by atoms with Crippen LogP contribution in [0.2, 0.25) is 0 Å². The molecular weight excluding hydrogens is 420 g/mol. The van der Waals surface area contributed by atoms with Gasteiger partial charge in [0.2, 0.25) is 5.91 Å². The fraction of sp³-hybridized carbons (Fsp3) is 0.231. The fourth-order valence-corrected chi connectivity index (χ4v) is 4.85. The Balaban J connectivity index is 1.53. The van der Waals surface area contributed by atoms with E-state index in [9.17, 15) is 9.59 Å². The van der Waals surface area contributed by atoms with E-state index in [-0.39, 0.29) is 17.2 Å². The maximum atomic E-state index is 12.7. The highest BCUT2D eigenvalue weighted by Crippen LogP contribution is 2.42. The smallest absolute Gasteiger partial charge is 0.255 e. The molecule has 1 aliphatic heterocycles. The summed E-state index contributed by atoms with van der Waals surface area (Å²) in [5.74, 6) is 1.11. The van der Waals surface area contributed by atoms with Crippen LogP contribution in [0.5, 0.6) is 5.75 Å². The molecule has 0 radical (unpaired) electrons. The summed E-state index contributed by atoms with van der Waals surface area (Å²) in [5, 5.41) is 2.83. The normalized spacial score (nSPS) is 15.6. The number of ether oxygens (including phenoxy) is 1. The Kier molecular flexibility index (Phi) is 6.81. The maximum Gasteiger partial charge on any atom is 0.255 e. The summed E-state index contributed by atoms with van der Waals surface area (Å²) < 4.78 is 5.51. The van der Waals surface area contributed by atoms with Crippen molar-refractivity contribution in [2.24, 2.45) is 0 Å². The zero-order valence-corrected chi connectivity index (χ0v) is 19.0. The van der Waals surface area contributed by atoms with Crippen molar-refractivity contribution in [2.75, 3.05) is 22.6 Å². The van der Waals surface area contributed by atoms with E-state index < -0.39 is 0 Å². The second-order valence-electron chi connectivity index (χ2n) is 7.48. The molecule has 1 N–H and O–H groups in total. The first kappa shape index (κ1) is 22.0. The Bertz CT molecular complexity index is 1100. The Labute approximate surface area is 192 Å². The van der Waals surface area contributed by atoms with Gasteiger partial charge in [0.1, 0.15) is 11.1 Å². The lowest BCUT2D eigenvalue weighted by Crippen LogP contribution is -2.27. The summed E-state index contributed by atoms with van der Waals surface area (Å²) in [6.45, 7) is 4.63. The molecule has 0 saturated carbocycles. The van der Waals surface area contributed by atoms with Gasteiger partial charge < -0.3 is 10.1 Å². The molecule has 2 amide bonds. The number of carbonyl (C=O) groups excluding carboxylic acids is 2. The van der Waals surface area contributed by atoms with Crippen LogP contribution in [0.3, 0.4) is 0 Å². The van der Waals surface area contributed by atoms with Crippen LogP contribution in [0, 0.1) is 0 Å². The molecule has 1 fully saturated rings. The number of nitrogens with one attached hydrogen (secondary N) is 1. The molecular formula is C26H26N2O3S. The van der Waals surface area contributed by atoms with Crippen molar-refractivity contribution in [1.82, 2.24) is 0 Å². The van der Waals surface area contributed by atoms with Crippen LogP contribution in [0.4, 0.5) is 11.4 Å². The van der Waals surface area contributed by atoms with Crippen LogP contribution in [-0.4, -0.2) is 24.2 Å². The van der Waals surface area contributed by atoms with Crippen molar-refractivity contribution in [3.05, 3.63) is 89.5 Å². The van der Waals surface area contributed by atoms with Gasteiger partial charge in [-0.05, 0) is 73.0 Å². The van der Waals surface area contributed by atoms with Gasteiger partial charge in [-0.2, -0.15) is 0 Å². The lowest BCUT2D eigenvalue weighted by Gasteiger charge is -2.25. The number of hydrogen-bond donors (Lipinski definition) is 1. The van der Waals surface area contributed by atoms with E-state index in [1.54, 1.807) is 11.8 Å². The molecule has 1 atom stereocenters. The van der Waals surface area contributed by atoms with E-state index in [0.29, 0.717) is 23.6 Å². The zero-order chi connectivity index (χ0) is 22.5. The number of nitrogens with zero attached hydrogens (tertiary/aromatic N) is 1. The second kappa shape index (κ2) is 9.92. The molecule has 3 aromatic rings. The van der Waals surface area contributed by atoms with Gasteiger partial charge in [0.05, 0.1) is 12.4 Å². The van der Waals surface area contributed by atoms with Crippen LogP contribution in [0.1, 0.15) is 40.7 Å². The van der Waals surface area contributed by atoms with E-state index in [1.807, 2.05) is 84.6 Å². The average molecular weight is 447 g/mol. The third-order valence-electron chi connectivity index (χ3n) is 5.35. The molecule has 1 aliphatic rings. The van der Waals surface area contributed by atoms with E-state index >= 15 is 0 Å². The Morgan fingerprint density at radius 2 is 1.81 bits per heavy atom. The van der Waals surface area contributed by atoms with Crippen molar-refractivity contribution in [3.8, 4) is 5.75 Å². The molecule has 0 bridgehead atoms. The molecule has 5 nitrogen and oxygen atoms in total. The molecule has 3 aromatic carbocycles. The Hall–Kier alpha value is -3.25. The summed E-state index contributed by atoms with van der Waals surface area (Å²) in [6.07, 6.45) is 0.937. The largest absolute Gasteiger partial charge is 0.494 e. The van der Waals surface area contributed by atoms with Gasteiger partial charge >= 0.3 is 0 Å². The first-order chi connectivity index (χ1) is 15.6. The highest BCUT2D eigenvalue weighted by Gasteiger charge is 2.34. The van der Waals surface area contributed by atoms with Crippen LogP contribution in [0.25, 0.3) is 0 Å². The van der Waals surface area contributed by atoms with E-state index in [1.165, 1.54) is 5.56 Å². The maximum absolute atomic E-state index is 12.7. The SMILES string of the molecule is CCOc1ccc(N2C(=O)CS[C@H]2c2cccc(NC(=O)c3ccc(CC)cc3)c2)cc1. The predicted molar refractivity (Wildman–Crippen MR) is 131 cm³/mol. The monoisotopic (exact) mass is 446 g/mol. The number of anilines is 2. The molecule has 0 spiro atoms. The number of hydrogen-bond acceptors (Lipinski definition) is 4. The highest BCUT2D eigenvalue weighted by molar-refractivity contribution is 8.00. The predicted octanol–water partition coefficient (Wildman–Crippen LogP) is 5.68. The lowest BCUT2D eigenvalue weighted by atomic mass is 10.1. The van der Waals surface area contributed by atoms with Gasteiger partial charge in [-0.3, -0.25) is 14.5 Å². The van der Waals surface area contributed by atoms with Crippen LogP contribution in [-0.2, 0) is 11.2 Å². The molecule has 6 heteroatoms. The molecule has 0 unspecified atom stereocenters. The van der Waals surface area contributed by atoms with Gasteiger partial charge in [-0.15, -0.1) is 11.8 Å². The molecule has 4 rings (SSSR count). The number of thioether (sulfide) groups is 1. The van der Waals surface area contributed by atoms with Gasteiger partial charge in [0.25, 0.3) is 5.91 Å². The second-order valence-corrected chi connectivity index (χ2v) is 8.55. The average Bonchev–Trinajstić information content (AvgIpc) is 3.21. The quantitative estimate of drug-likeness (QED) is 0.507. The summed E-state index contributed by atoms with van der Waals surface area (Å²) in [6, 6.07) is 22.9. The van der Waals surface area contributed by atoms with E-state index in [0.717, 1.165) is 23.4 Å². The third kappa shape index (κ3) is 4.81. The van der Waals surface area contributed by atoms with Crippen molar-refractivity contribution in [2.45, 2.75) is 25.6 Å². The molecule has 0 aliphatic carbocycles. The number of amides is 2. The van der Waals surface area contributed by atoms with Gasteiger partial charge in [-0.1, -0.05) is 31.2 Å². The van der Waals surface area contributed by atoms with Crippen molar-refractivity contribution in [1.29, 1.82) is 0 Å². The first-order valence-corrected chi connectivity index (χ1v) is 11.8. The summed E-state index contributed by atoms with van der Waals surface area (Å²) in [4.78, 5) is 27.2. The van der Waals surface area contributed by atoms with E-state index in [2.05, 4.69) is 12.2 Å². The number of benzene rings is 3. The fourth-order valence-electron chi connectivity index (χ4n) is 3.68. The number of rotatable bonds is 7. The van der Waals surface area contributed by atoms with Crippen LogP contribution in [0.15, 0.2) is 72.8 Å².